The van der Waals surface area contributed by atoms with Crippen LogP contribution in [0.5, 0.6) is 0 Å². The maximum atomic E-state index is 3.63. The lowest BCUT2D eigenvalue weighted by atomic mass is 10.1. The molecule has 0 aliphatic heterocycles. The first-order valence-corrected chi connectivity index (χ1v) is 9.12. The molecule has 3 heteroatoms. The van der Waals surface area contributed by atoms with Crippen molar-refractivity contribution < 1.29 is 0 Å². The summed E-state index contributed by atoms with van der Waals surface area (Å²) in [5.41, 5.74) is 2.59. The van der Waals surface area contributed by atoms with E-state index < -0.39 is 0 Å². The van der Waals surface area contributed by atoms with E-state index in [4.69, 9.17) is 0 Å². The van der Waals surface area contributed by atoms with Crippen LogP contribution in [-0.4, -0.2) is 6.26 Å². The van der Waals surface area contributed by atoms with E-state index in [-0.39, 0.29) is 0 Å². The lowest BCUT2D eigenvalue weighted by Gasteiger charge is -2.15. The van der Waals surface area contributed by atoms with Gasteiger partial charge in [-0.25, -0.2) is 0 Å². The number of nitrogens with one attached hydrogen (secondary N) is 1. The molecule has 3 aromatic rings. The van der Waals surface area contributed by atoms with Gasteiger partial charge < -0.3 is 5.32 Å². The van der Waals surface area contributed by atoms with Gasteiger partial charge in [-0.15, -0.1) is 23.1 Å². The average molecular weight is 313 g/mol. The fourth-order valence-electron chi connectivity index (χ4n) is 2.63. The molecule has 0 fully saturated rings. The molecule has 0 radical (unpaired) electrons. The van der Waals surface area contributed by atoms with Crippen LogP contribution in [-0.2, 0) is 0 Å². The quantitative estimate of drug-likeness (QED) is 0.584. The van der Waals surface area contributed by atoms with Gasteiger partial charge in [-0.3, -0.25) is 0 Å². The van der Waals surface area contributed by atoms with Crippen LogP contribution in [0.25, 0.3) is 10.1 Å². The Morgan fingerprint density at radius 1 is 1.10 bits per heavy atom. The van der Waals surface area contributed by atoms with Gasteiger partial charge in [0.2, 0.25) is 0 Å². The van der Waals surface area contributed by atoms with Crippen LogP contribution >= 0.6 is 23.1 Å². The Morgan fingerprint density at radius 2 is 1.90 bits per heavy atom. The van der Waals surface area contributed by atoms with Gasteiger partial charge in [-0.1, -0.05) is 24.3 Å². The number of aryl methyl sites for hydroxylation is 1. The smallest absolute Gasteiger partial charge is 0.0581 e. The van der Waals surface area contributed by atoms with Gasteiger partial charge in [0.25, 0.3) is 0 Å². The van der Waals surface area contributed by atoms with Crippen molar-refractivity contribution in [3.8, 4) is 0 Å². The average Bonchev–Trinajstić information content (AvgIpc) is 2.85. The van der Waals surface area contributed by atoms with Crippen LogP contribution < -0.4 is 5.32 Å². The summed E-state index contributed by atoms with van der Waals surface area (Å²) in [5.74, 6) is 0. The molecule has 1 N–H and O–H groups in total. The predicted molar refractivity (Wildman–Crippen MR) is 96.8 cm³/mol. The van der Waals surface area contributed by atoms with E-state index in [1.54, 1.807) is 11.8 Å². The summed E-state index contributed by atoms with van der Waals surface area (Å²) in [6.07, 6.45) is 2.11. The van der Waals surface area contributed by atoms with Crippen molar-refractivity contribution in [2.75, 3.05) is 11.6 Å². The second kappa shape index (κ2) is 6.12. The number of anilines is 1. The Bertz CT molecular complexity index is 761. The highest BCUT2D eigenvalue weighted by Gasteiger charge is 2.14. The van der Waals surface area contributed by atoms with Crippen LogP contribution in [0, 0.1) is 6.92 Å². The molecule has 1 aromatic heterocycles. The van der Waals surface area contributed by atoms with Gasteiger partial charge in [-0.2, -0.15) is 0 Å². The zero-order chi connectivity index (χ0) is 14.8. The molecular weight excluding hydrogens is 294 g/mol. The number of hydrogen-bond acceptors (Lipinski definition) is 3. The highest BCUT2D eigenvalue weighted by molar-refractivity contribution is 7.98. The van der Waals surface area contributed by atoms with Gasteiger partial charge in [0.15, 0.2) is 0 Å². The summed E-state index contributed by atoms with van der Waals surface area (Å²) < 4.78 is 1.37. The number of thiophene rings is 1. The van der Waals surface area contributed by atoms with Crippen molar-refractivity contribution in [2.45, 2.75) is 24.8 Å². The minimum atomic E-state index is 0.319. The summed E-state index contributed by atoms with van der Waals surface area (Å²) in [6.45, 7) is 4.47. The first kappa shape index (κ1) is 14.5. The third-order valence-electron chi connectivity index (χ3n) is 3.73. The molecule has 21 heavy (non-hydrogen) atoms. The van der Waals surface area contributed by atoms with Crippen LogP contribution in [0.3, 0.4) is 0 Å². The summed E-state index contributed by atoms with van der Waals surface area (Å²) in [5, 5.41) is 5.01. The number of fused-ring (bicyclic) bond motifs is 1. The van der Waals surface area contributed by atoms with Crippen LogP contribution in [0.2, 0.25) is 0 Å². The molecule has 1 unspecified atom stereocenters. The normalized spacial score (nSPS) is 12.5. The molecule has 0 spiro atoms. The third-order valence-corrected chi connectivity index (χ3v) is 5.91. The van der Waals surface area contributed by atoms with Gasteiger partial charge in [0.05, 0.1) is 6.04 Å². The van der Waals surface area contributed by atoms with E-state index in [0.29, 0.717) is 6.04 Å². The number of thioether (sulfide) groups is 1. The predicted octanol–water partition coefficient (Wildman–Crippen LogP) is 6.10. The van der Waals surface area contributed by atoms with E-state index in [9.17, 15) is 0 Å². The summed E-state index contributed by atoms with van der Waals surface area (Å²) in [4.78, 5) is 2.71. The van der Waals surface area contributed by atoms with E-state index in [2.05, 4.69) is 74.0 Å². The fourth-order valence-corrected chi connectivity index (χ4v) is 4.31. The van der Waals surface area contributed by atoms with Gasteiger partial charge in [-0.05, 0) is 55.3 Å². The molecule has 2 aromatic carbocycles. The Balaban J connectivity index is 1.89. The second-order valence-corrected chi connectivity index (χ2v) is 7.15. The highest BCUT2D eigenvalue weighted by atomic mass is 32.2. The molecule has 0 saturated carbocycles. The Labute approximate surface area is 134 Å². The lowest BCUT2D eigenvalue weighted by molar-refractivity contribution is 0.899. The van der Waals surface area contributed by atoms with E-state index in [1.807, 2.05) is 11.3 Å². The maximum absolute atomic E-state index is 3.63. The molecule has 0 saturated heterocycles. The first-order valence-electron chi connectivity index (χ1n) is 7.07. The van der Waals surface area contributed by atoms with E-state index in [0.717, 1.165) is 0 Å². The molecule has 1 atom stereocenters. The number of benzene rings is 2. The molecule has 3 rings (SSSR count). The molecule has 0 aliphatic carbocycles. The Hall–Kier alpha value is -1.45. The SMILES string of the molecule is CSc1cccc(NC(C)c2sc3ccccc3c2C)c1. The van der Waals surface area contributed by atoms with Crippen molar-refractivity contribution in [1.82, 2.24) is 0 Å². The first-order chi connectivity index (χ1) is 10.2. The Morgan fingerprint density at radius 3 is 2.67 bits per heavy atom. The summed E-state index contributed by atoms with van der Waals surface area (Å²) in [6, 6.07) is 17.6. The van der Waals surface area contributed by atoms with E-state index >= 15 is 0 Å². The molecular formula is C18H19NS2. The molecule has 0 bridgehead atoms. The monoisotopic (exact) mass is 313 g/mol. The van der Waals surface area contributed by atoms with Crippen molar-refractivity contribution in [2.24, 2.45) is 0 Å². The topological polar surface area (TPSA) is 12.0 Å². The summed E-state index contributed by atoms with van der Waals surface area (Å²) >= 11 is 3.67. The highest BCUT2D eigenvalue weighted by Crippen LogP contribution is 2.36. The van der Waals surface area contributed by atoms with Gasteiger partial charge in [0.1, 0.15) is 0 Å². The molecule has 0 amide bonds. The van der Waals surface area contributed by atoms with Gasteiger partial charge in [0, 0.05) is 20.2 Å². The standard InChI is InChI=1S/C18H19NS2/c1-12-16-9-4-5-10-17(16)21-18(12)13(2)19-14-7-6-8-15(11-14)20-3/h4-11,13,19H,1-3H3. The van der Waals surface area contributed by atoms with Crippen molar-refractivity contribution in [3.63, 3.8) is 0 Å². The lowest BCUT2D eigenvalue weighted by Crippen LogP contribution is -2.05. The Kier molecular flexibility index (Phi) is 4.22. The zero-order valence-electron chi connectivity index (χ0n) is 12.5. The minimum absolute atomic E-state index is 0.319. The maximum Gasteiger partial charge on any atom is 0.0581 e. The van der Waals surface area contributed by atoms with Crippen LogP contribution in [0.4, 0.5) is 5.69 Å². The van der Waals surface area contributed by atoms with Crippen molar-refractivity contribution in [3.05, 3.63) is 59.0 Å². The number of hydrogen-bond donors (Lipinski definition) is 1. The largest absolute Gasteiger partial charge is 0.378 e. The summed E-state index contributed by atoms with van der Waals surface area (Å²) in [7, 11) is 0. The van der Waals surface area contributed by atoms with Crippen molar-refractivity contribution in [1.29, 1.82) is 0 Å². The minimum Gasteiger partial charge on any atom is -0.378 e. The molecule has 1 nitrogen and oxygen atoms in total. The third kappa shape index (κ3) is 2.94. The second-order valence-electron chi connectivity index (χ2n) is 5.19. The van der Waals surface area contributed by atoms with Crippen LogP contribution in [0.1, 0.15) is 23.4 Å². The molecule has 0 aliphatic rings. The van der Waals surface area contributed by atoms with Crippen molar-refractivity contribution >= 4 is 38.9 Å². The fraction of sp³-hybridized carbons (Fsp3) is 0.222. The van der Waals surface area contributed by atoms with E-state index in [1.165, 1.54) is 31.1 Å². The van der Waals surface area contributed by atoms with Gasteiger partial charge >= 0.3 is 0 Å². The molecule has 108 valence electrons. The molecule has 1 heterocycles. The van der Waals surface area contributed by atoms with Crippen LogP contribution in [0.15, 0.2) is 53.4 Å². The number of rotatable bonds is 4. The zero-order valence-corrected chi connectivity index (χ0v) is 14.1.